The van der Waals surface area contributed by atoms with Gasteiger partial charge in [0.25, 0.3) is 0 Å². The van der Waals surface area contributed by atoms with Crippen LogP contribution >= 0.6 is 15.9 Å². The molecule has 0 unspecified atom stereocenters. The molecule has 0 aliphatic rings. The van der Waals surface area contributed by atoms with Crippen molar-refractivity contribution < 1.29 is 9.18 Å². The van der Waals surface area contributed by atoms with E-state index in [9.17, 15) is 9.18 Å². The summed E-state index contributed by atoms with van der Waals surface area (Å²) in [7, 11) is 0. The number of urea groups is 1. The lowest BCUT2D eigenvalue weighted by molar-refractivity contribution is 0.252. The Bertz CT molecular complexity index is 311. The van der Waals surface area contributed by atoms with Crippen LogP contribution in [0.2, 0.25) is 0 Å². The van der Waals surface area contributed by atoms with Crippen molar-refractivity contribution >= 4 is 27.6 Å². The summed E-state index contributed by atoms with van der Waals surface area (Å²) in [4.78, 5) is 10.8. The Morgan fingerprint density at radius 1 is 1.54 bits per heavy atom. The second-order valence-electron chi connectivity index (χ2n) is 2.20. The molecule has 0 bridgehead atoms. The van der Waals surface area contributed by atoms with Crippen molar-refractivity contribution in [2.24, 2.45) is 5.84 Å². The number of halogens is 2. The van der Waals surface area contributed by atoms with Gasteiger partial charge in [-0.1, -0.05) is 6.07 Å². The minimum absolute atomic E-state index is 0.0606. The first kappa shape index (κ1) is 9.94. The molecule has 0 aromatic heterocycles. The van der Waals surface area contributed by atoms with E-state index in [1.165, 1.54) is 12.1 Å². The molecule has 0 fully saturated rings. The molecule has 0 heterocycles. The zero-order valence-electron chi connectivity index (χ0n) is 6.47. The second kappa shape index (κ2) is 4.20. The standard InChI is InChI=1S/C7H7BrFN3O/c8-4-2-1-3-5(9)6(4)11-7(13)12-10/h1-3H,10H2,(H2,11,12,13). The molecule has 0 radical (unpaired) electrons. The predicted octanol–water partition coefficient (Wildman–Crippen LogP) is 1.58. The molecule has 4 N–H and O–H groups in total. The Morgan fingerprint density at radius 3 is 2.77 bits per heavy atom. The summed E-state index contributed by atoms with van der Waals surface area (Å²) in [5, 5.41) is 2.23. The van der Waals surface area contributed by atoms with Gasteiger partial charge in [0.05, 0.1) is 5.69 Å². The van der Waals surface area contributed by atoms with E-state index < -0.39 is 11.8 Å². The van der Waals surface area contributed by atoms with E-state index in [0.717, 1.165) is 0 Å². The summed E-state index contributed by atoms with van der Waals surface area (Å²) >= 11 is 3.08. The zero-order valence-corrected chi connectivity index (χ0v) is 8.06. The highest BCUT2D eigenvalue weighted by Gasteiger charge is 2.08. The smallest absolute Gasteiger partial charge is 0.303 e. The van der Waals surface area contributed by atoms with Crippen molar-refractivity contribution in [2.75, 3.05) is 5.32 Å². The van der Waals surface area contributed by atoms with Crippen molar-refractivity contribution in [3.05, 3.63) is 28.5 Å². The molecular formula is C7H7BrFN3O. The minimum Gasteiger partial charge on any atom is -0.303 e. The number of hydrogen-bond donors (Lipinski definition) is 3. The molecule has 1 aromatic rings. The molecule has 0 atom stereocenters. The fourth-order valence-electron chi connectivity index (χ4n) is 0.767. The molecular weight excluding hydrogens is 241 g/mol. The largest absolute Gasteiger partial charge is 0.333 e. The first-order chi connectivity index (χ1) is 6.15. The maximum absolute atomic E-state index is 13.0. The van der Waals surface area contributed by atoms with Crippen LogP contribution in [0.4, 0.5) is 14.9 Å². The quantitative estimate of drug-likeness (QED) is 0.401. The van der Waals surface area contributed by atoms with Crippen LogP contribution in [0.15, 0.2) is 22.7 Å². The van der Waals surface area contributed by atoms with Gasteiger partial charge in [0.1, 0.15) is 5.82 Å². The molecule has 0 aliphatic carbocycles. The number of rotatable bonds is 1. The van der Waals surface area contributed by atoms with E-state index in [4.69, 9.17) is 5.84 Å². The number of nitrogens with two attached hydrogens (primary N) is 1. The van der Waals surface area contributed by atoms with Gasteiger partial charge in [0.2, 0.25) is 0 Å². The molecule has 2 amide bonds. The average molecular weight is 248 g/mol. The van der Waals surface area contributed by atoms with Gasteiger partial charge in [-0.3, -0.25) is 5.43 Å². The number of benzene rings is 1. The number of hydrogen-bond acceptors (Lipinski definition) is 2. The Kier molecular flexibility index (Phi) is 3.21. The van der Waals surface area contributed by atoms with E-state index in [1.807, 2.05) is 5.43 Å². The Balaban J connectivity index is 2.93. The molecule has 0 saturated heterocycles. The van der Waals surface area contributed by atoms with Gasteiger partial charge in [-0.15, -0.1) is 0 Å². The Morgan fingerprint density at radius 2 is 2.23 bits per heavy atom. The highest BCUT2D eigenvalue weighted by Crippen LogP contribution is 2.24. The number of anilines is 1. The molecule has 1 rings (SSSR count). The minimum atomic E-state index is -0.675. The van der Waals surface area contributed by atoms with E-state index in [1.54, 1.807) is 6.07 Å². The van der Waals surface area contributed by atoms with Gasteiger partial charge in [0.15, 0.2) is 0 Å². The van der Waals surface area contributed by atoms with Crippen LogP contribution in [0.3, 0.4) is 0 Å². The molecule has 0 saturated carbocycles. The lowest BCUT2D eigenvalue weighted by atomic mass is 10.3. The van der Waals surface area contributed by atoms with E-state index in [0.29, 0.717) is 4.47 Å². The van der Waals surface area contributed by atoms with Gasteiger partial charge in [-0.2, -0.15) is 0 Å². The van der Waals surface area contributed by atoms with Crippen LogP contribution < -0.4 is 16.6 Å². The van der Waals surface area contributed by atoms with Crippen molar-refractivity contribution in [3.8, 4) is 0 Å². The third kappa shape index (κ3) is 2.40. The van der Waals surface area contributed by atoms with Gasteiger partial charge in [-0.25, -0.2) is 15.0 Å². The third-order valence-electron chi connectivity index (χ3n) is 1.33. The average Bonchev–Trinajstić information content (AvgIpc) is 2.11. The topological polar surface area (TPSA) is 67.1 Å². The summed E-state index contributed by atoms with van der Waals surface area (Å²) in [6.07, 6.45) is 0. The molecule has 0 aliphatic heterocycles. The molecule has 6 heteroatoms. The summed E-state index contributed by atoms with van der Waals surface area (Å²) < 4.78 is 13.5. The van der Waals surface area contributed by atoms with Crippen LogP contribution in [0.1, 0.15) is 0 Å². The van der Waals surface area contributed by atoms with E-state index in [2.05, 4.69) is 21.2 Å². The van der Waals surface area contributed by atoms with Crippen molar-refractivity contribution in [1.82, 2.24) is 5.43 Å². The summed E-state index contributed by atoms with van der Waals surface area (Å²) in [6.45, 7) is 0. The molecule has 1 aromatic carbocycles. The summed E-state index contributed by atoms with van der Waals surface area (Å²) in [5.74, 6) is 4.29. The first-order valence-electron chi connectivity index (χ1n) is 3.36. The van der Waals surface area contributed by atoms with Crippen LogP contribution in [0.5, 0.6) is 0 Å². The summed E-state index contributed by atoms with van der Waals surface area (Å²) in [5.41, 5.74) is 1.89. The fourth-order valence-corrected chi connectivity index (χ4v) is 1.21. The molecule has 13 heavy (non-hydrogen) atoms. The van der Waals surface area contributed by atoms with Gasteiger partial charge < -0.3 is 5.32 Å². The number of para-hydroxylation sites is 1. The van der Waals surface area contributed by atoms with Crippen molar-refractivity contribution in [3.63, 3.8) is 0 Å². The molecule has 0 spiro atoms. The van der Waals surface area contributed by atoms with Crippen LogP contribution in [-0.4, -0.2) is 6.03 Å². The third-order valence-corrected chi connectivity index (χ3v) is 1.99. The van der Waals surface area contributed by atoms with Gasteiger partial charge in [-0.05, 0) is 28.1 Å². The number of nitrogens with one attached hydrogen (secondary N) is 2. The Labute approximate surface area is 82.4 Å². The van der Waals surface area contributed by atoms with Crippen molar-refractivity contribution in [1.29, 1.82) is 0 Å². The van der Waals surface area contributed by atoms with Crippen LogP contribution in [0.25, 0.3) is 0 Å². The monoisotopic (exact) mass is 247 g/mol. The van der Waals surface area contributed by atoms with E-state index in [-0.39, 0.29) is 5.69 Å². The normalized spacial score (nSPS) is 9.46. The fraction of sp³-hybridized carbons (Fsp3) is 0. The highest BCUT2D eigenvalue weighted by atomic mass is 79.9. The van der Waals surface area contributed by atoms with Gasteiger partial charge >= 0.3 is 6.03 Å². The van der Waals surface area contributed by atoms with Crippen LogP contribution in [-0.2, 0) is 0 Å². The predicted molar refractivity (Wildman–Crippen MR) is 50.4 cm³/mol. The zero-order chi connectivity index (χ0) is 9.84. The first-order valence-corrected chi connectivity index (χ1v) is 4.16. The number of hydrazine groups is 1. The van der Waals surface area contributed by atoms with Crippen molar-refractivity contribution in [2.45, 2.75) is 0 Å². The van der Waals surface area contributed by atoms with E-state index >= 15 is 0 Å². The van der Waals surface area contributed by atoms with Gasteiger partial charge in [0, 0.05) is 4.47 Å². The number of carbonyl (C=O) groups excluding carboxylic acids is 1. The number of carbonyl (C=O) groups is 1. The SMILES string of the molecule is NNC(=O)Nc1c(F)cccc1Br. The lowest BCUT2D eigenvalue weighted by Gasteiger charge is -2.06. The Hall–Kier alpha value is -1.14. The molecule has 4 nitrogen and oxygen atoms in total. The maximum Gasteiger partial charge on any atom is 0.333 e. The molecule has 70 valence electrons. The maximum atomic E-state index is 13.0. The number of amides is 2. The highest BCUT2D eigenvalue weighted by molar-refractivity contribution is 9.10. The summed E-state index contributed by atoms with van der Waals surface area (Å²) in [6, 6.07) is 3.68. The second-order valence-corrected chi connectivity index (χ2v) is 3.05. The van der Waals surface area contributed by atoms with Crippen LogP contribution in [0, 0.1) is 5.82 Å². The lowest BCUT2D eigenvalue weighted by Crippen LogP contribution is -2.34.